The fourth-order valence-corrected chi connectivity index (χ4v) is 2.68. The van der Waals surface area contributed by atoms with E-state index in [1.54, 1.807) is 28.8 Å². The quantitative estimate of drug-likeness (QED) is 0.919. The van der Waals surface area contributed by atoms with Gasteiger partial charge in [0.2, 0.25) is 0 Å². The molecule has 1 fully saturated rings. The van der Waals surface area contributed by atoms with E-state index in [1.807, 2.05) is 6.07 Å². The first-order valence-corrected chi connectivity index (χ1v) is 8.02. The maximum atomic E-state index is 12.2. The lowest BCUT2D eigenvalue weighted by Gasteiger charge is -2.35. The van der Waals surface area contributed by atoms with Gasteiger partial charge in [-0.1, -0.05) is 29.8 Å². The highest BCUT2D eigenvalue weighted by atomic mass is 16.2. The predicted molar refractivity (Wildman–Crippen MR) is 90.5 cm³/mol. The molecule has 0 aromatic heterocycles. The smallest absolute Gasteiger partial charge is 0.319 e. The third kappa shape index (κ3) is 4.87. The minimum Gasteiger partial charge on any atom is -0.338 e. The maximum Gasteiger partial charge on any atom is 0.319 e. The van der Waals surface area contributed by atoms with Gasteiger partial charge in [-0.2, -0.15) is 0 Å². The molecular formula is C17H26N4O2. The summed E-state index contributed by atoms with van der Waals surface area (Å²) in [6.07, 6.45) is 0.826. The Morgan fingerprint density at radius 3 is 2.39 bits per heavy atom. The van der Waals surface area contributed by atoms with Crippen LogP contribution in [-0.4, -0.2) is 73.6 Å². The first-order chi connectivity index (χ1) is 11.0. The molecule has 0 spiro atoms. The second-order valence-corrected chi connectivity index (χ2v) is 6.12. The molecule has 1 aromatic carbocycles. The van der Waals surface area contributed by atoms with Crippen LogP contribution in [0, 0.1) is 6.92 Å². The fourth-order valence-electron chi connectivity index (χ4n) is 2.68. The summed E-state index contributed by atoms with van der Waals surface area (Å²) >= 11 is 0. The lowest BCUT2D eigenvalue weighted by molar-refractivity contribution is 0.129. The molecule has 6 nitrogen and oxygen atoms in total. The summed E-state index contributed by atoms with van der Waals surface area (Å²) in [5, 5.41) is 2.96. The Morgan fingerprint density at radius 2 is 1.78 bits per heavy atom. The number of nitrogens with one attached hydrogen (secondary N) is 1. The lowest BCUT2D eigenvalue weighted by atomic mass is 10.1. The van der Waals surface area contributed by atoms with Crippen LogP contribution in [-0.2, 0) is 6.42 Å². The molecule has 1 N–H and O–H groups in total. The van der Waals surface area contributed by atoms with Crippen LogP contribution in [0.2, 0.25) is 0 Å². The molecule has 4 amide bonds. The van der Waals surface area contributed by atoms with E-state index >= 15 is 0 Å². The Labute approximate surface area is 138 Å². The molecule has 1 saturated heterocycles. The molecule has 6 heteroatoms. The molecule has 1 heterocycles. The number of piperazine rings is 1. The van der Waals surface area contributed by atoms with E-state index in [2.05, 4.69) is 30.4 Å². The van der Waals surface area contributed by atoms with Crippen molar-refractivity contribution in [1.29, 1.82) is 0 Å². The van der Waals surface area contributed by atoms with Crippen molar-refractivity contribution in [3.63, 3.8) is 0 Å². The second-order valence-electron chi connectivity index (χ2n) is 6.12. The average molecular weight is 318 g/mol. The molecule has 1 aliphatic rings. The topological polar surface area (TPSA) is 55.9 Å². The van der Waals surface area contributed by atoms with E-state index in [-0.39, 0.29) is 12.1 Å². The standard InChI is InChI=1S/C17H26N4O2/c1-14-5-4-6-15(13-14)7-8-18-16(22)20-9-11-21(12-10-20)17(23)19(2)3/h4-6,13H,7-12H2,1-3H3,(H,18,22). The normalized spacial score (nSPS) is 14.6. The first-order valence-electron chi connectivity index (χ1n) is 8.02. The average Bonchev–Trinajstić information content (AvgIpc) is 2.54. The fraction of sp³-hybridized carbons (Fsp3) is 0.529. The summed E-state index contributed by atoms with van der Waals surface area (Å²) in [5.41, 5.74) is 2.46. The number of aryl methyl sites for hydroxylation is 1. The molecule has 0 saturated carbocycles. The summed E-state index contributed by atoms with van der Waals surface area (Å²) in [4.78, 5) is 29.1. The minimum absolute atomic E-state index is 0.00417. The van der Waals surface area contributed by atoms with Crippen LogP contribution in [0.4, 0.5) is 9.59 Å². The summed E-state index contributed by atoms with van der Waals surface area (Å²) < 4.78 is 0. The number of hydrogen-bond donors (Lipinski definition) is 1. The molecule has 2 rings (SSSR count). The molecule has 126 valence electrons. The monoisotopic (exact) mass is 318 g/mol. The number of carbonyl (C=O) groups excluding carboxylic acids is 2. The van der Waals surface area contributed by atoms with E-state index in [0.29, 0.717) is 32.7 Å². The van der Waals surface area contributed by atoms with E-state index in [4.69, 9.17) is 0 Å². The zero-order valence-electron chi connectivity index (χ0n) is 14.2. The van der Waals surface area contributed by atoms with Crippen molar-refractivity contribution in [2.45, 2.75) is 13.3 Å². The largest absolute Gasteiger partial charge is 0.338 e. The van der Waals surface area contributed by atoms with Gasteiger partial charge in [-0.05, 0) is 18.9 Å². The lowest BCUT2D eigenvalue weighted by Crippen LogP contribution is -2.55. The third-order valence-electron chi connectivity index (χ3n) is 3.99. The van der Waals surface area contributed by atoms with Gasteiger partial charge < -0.3 is 20.0 Å². The second kappa shape index (κ2) is 7.85. The number of hydrogen-bond acceptors (Lipinski definition) is 2. The van der Waals surface area contributed by atoms with Gasteiger partial charge in [0.15, 0.2) is 0 Å². The molecule has 0 atom stereocenters. The van der Waals surface area contributed by atoms with Gasteiger partial charge in [-0.3, -0.25) is 0 Å². The van der Waals surface area contributed by atoms with Gasteiger partial charge in [0.1, 0.15) is 0 Å². The van der Waals surface area contributed by atoms with Crippen molar-refractivity contribution in [3.05, 3.63) is 35.4 Å². The molecular weight excluding hydrogens is 292 g/mol. The zero-order chi connectivity index (χ0) is 16.8. The van der Waals surface area contributed by atoms with Crippen molar-refractivity contribution in [2.24, 2.45) is 0 Å². The Kier molecular flexibility index (Phi) is 5.84. The molecule has 1 aromatic rings. The minimum atomic E-state index is -0.0467. The Hall–Kier alpha value is -2.24. The van der Waals surface area contributed by atoms with Crippen LogP contribution < -0.4 is 5.32 Å². The summed E-state index contributed by atoms with van der Waals surface area (Å²) in [6.45, 7) is 5.02. The van der Waals surface area contributed by atoms with Gasteiger partial charge in [0.25, 0.3) is 0 Å². The third-order valence-corrected chi connectivity index (χ3v) is 3.99. The summed E-state index contributed by atoms with van der Waals surface area (Å²) in [6, 6.07) is 8.27. The SMILES string of the molecule is Cc1cccc(CCNC(=O)N2CCN(C(=O)N(C)C)CC2)c1. The van der Waals surface area contributed by atoms with Crippen LogP contribution in [0.5, 0.6) is 0 Å². The molecule has 0 bridgehead atoms. The Bertz CT molecular complexity index is 551. The van der Waals surface area contributed by atoms with Crippen LogP contribution in [0.3, 0.4) is 0 Å². The molecule has 0 aliphatic carbocycles. The number of carbonyl (C=O) groups is 2. The van der Waals surface area contributed by atoms with Crippen LogP contribution in [0.15, 0.2) is 24.3 Å². The van der Waals surface area contributed by atoms with Crippen molar-refractivity contribution in [1.82, 2.24) is 20.0 Å². The van der Waals surface area contributed by atoms with Gasteiger partial charge in [0, 0.05) is 46.8 Å². The first kappa shape index (κ1) is 17.1. The van der Waals surface area contributed by atoms with E-state index in [1.165, 1.54) is 11.1 Å². The highest BCUT2D eigenvalue weighted by molar-refractivity contribution is 5.76. The highest BCUT2D eigenvalue weighted by Crippen LogP contribution is 2.06. The van der Waals surface area contributed by atoms with Crippen LogP contribution in [0.25, 0.3) is 0 Å². The number of nitrogens with zero attached hydrogens (tertiary/aromatic N) is 3. The number of benzene rings is 1. The van der Waals surface area contributed by atoms with Crippen molar-refractivity contribution < 1.29 is 9.59 Å². The molecule has 23 heavy (non-hydrogen) atoms. The van der Waals surface area contributed by atoms with E-state index in [9.17, 15) is 9.59 Å². The molecule has 0 radical (unpaired) electrons. The van der Waals surface area contributed by atoms with E-state index < -0.39 is 0 Å². The Morgan fingerprint density at radius 1 is 1.13 bits per heavy atom. The highest BCUT2D eigenvalue weighted by Gasteiger charge is 2.24. The van der Waals surface area contributed by atoms with Gasteiger partial charge in [-0.15, -0.1) is 0 Å². The van der Waals surface area contributed by atoms with Crippen LogP contribution in [0.1, 0.15) is 11.1 Å². The van der Waals surface area contributed by atoms with Crippen molar-refractivity contribution in [3.8, 4) is 0 Å². The number of rotatable bonds is 3. The van der Waals surface area contributed by atoms with Gasteiger partial charge >= 0.3 is 12.1 Å². The number of amides is 4. The number of urea groups is 2. The van der Waals surface area contributed by atoms with Gasteiger partial charge in [0.05, 0.1) is 0 Å². The summed E-state index contributed by atoms with van der Waals surface area (Å²) in [7, 11) is 3.49. The molecule has 0 unspecified atom stereocenters. The summed E-state index contributed by atoms with van der Waals surface area (Å²) in [5.74, 6) is 0. The van der Waals surface area contributed by atoms with Crippen molar-refractivity contribution >= 4 is 12.1 Å². The predicted octanol–water partition coefficient (Wildman–Crippen LogP) is 1.55. The maximum absolute atomic E-state index is 12.2. The van der Waals surface area contributed by atoms with Crippen molar-refractivity contribution in [2.75, 3.05) is 46.8 Å². The van der Waals surface area contributed by atoms with E-state index in [0.717, 1.165) is 6.42 Å². The zero-order valence-corrected chi connectivity index (χ0v) is 14.2. The Balaban J connectivity index is 1.72. The molecule has 1 aliphatic heterocycles. The van der Waals surface area contributed by atoms with Crippen LogP contribution >= 0.6 is 0 Å². The van der Waals surface area contributed by atoms with Gasteiger partial charge in [-0.25, -0.2) is 9.59 Å².